The molecule has 4 aromatic carbocycles. The predicted octanol–water partition coefficient (Wildman–Crippen LogP) is 6.30. The minimum Gasteiger partial charge on any atom is -0.488 e. The summed E-state index contributed by atoms with van der Waals surface area (Å²) in [7, 11) is 0. The minimum absolute atomic E-state index is 0.0498. The molecule has 0 bridgehead atoms. The first-order valence-electron chi connectivity index (χ1n) is 10.8. The highest BCUT2D eigenvalue weighted by Crippen LogP contribution is 2.30. The summed E-state index contributed by atoms with van der Waals surface area (Å²) in [6.45, 7) is -2.52. The van der Waals surface area contributed by atoms with Crippen LogP contribution in [0, 0.1) is 0 Å². The first-order valence-corrected chi connectivity index (χ1v) is 10.8. The quantitative estimate of drug-likeness (QED) is 0.230. The zero-order valence-corrected chi connectivity index (χ0v) is 18.6. The predicted molar refractivity (Wildman–Crippen MR) is 131 cm³/mol. The number of hydrazone groups is 1. The Bertz CT molecular complexity index is 1280. The van der Waals surface area contributed by atoms with Gasteiger partial charge in [0.1, 0.15) is 18.1 Å². The van der Waals surface area contributed by atoms with E-state index in [0.717, 1.165) is 22.4 Å². The highest BCUT2D eigenvalue weighted by atomic mass is 19.3. The summed E-state index contributed by atoms with van der Waals surface area (Å²) in [4.78, 5) is 12.3. The fourth-order valence-electron chi connectivity index (χ4n) is 3.33. The number of rotatable bonds is 9. The average Bonchev–Trinajstić information content (AvgIpc) is 2.89. The summed E-state index contributed by atoms with van der Waals surface area (Å²) < 4.78 is 34.7. The molecule has 0 aliphatic heterocycles. The van der Waals surface area contributed by atoms with E-state index in [2.05, 4.69) is 15.3 Å². The van der Waals surface area contributed by atoms with Crippen molar-refractivity contribution in [3.8, 4) is 22.6 Å². The number of para-hydroxylation sites is 1. The molecule has 0 saturated heterocycles. The van der Waals surface area contributed by atoms with Crippen LogP contribution in [0.5, 0.6) is 11.5 Å². The number of carbonyl (C=O) groups is 1. The highest BCUT2D eigenvalue weighted by molar-refractivity contribution is 5.94. The molecule has 0 heterocycles. The first kappa shape index (κ1) is 23.6. The van der Waals surface area contributed by atoms with Gasteiger partial charge in [0.05, 0.1) is 6.21 Å². The van der Waals surface area contributed by atoms with Gasteiger partial charge in [0.15, 0.2) is 0 Å². The molecule has 5 nitrogen and oxygen atoms in total. The Morgan fingerprint density at radius 2 is 1.54 bits per heavy atom. The van der Waals surface area contributed by atoms with Crippen LogP contribution < -0.4 is 14.9 Å². The van der Waals surface area contributed by atoms with Gasteiger partial charge >= 0.3 is 6.61 Å². The van der Waals surface area contributed by atoms with Crippen molar-refractivity contribution in [2.24, 2.45) is 5.10 Å². The van der Waals surface area contributed by atoms with Crippen molar-refractivity contribution >= 4 is 12.1 Å². The van der Waals surface area contributed by atoms with E-state index in [0.29, 0.717) is 17.7 Å². The van der Waals surface area contributed by atoms with Gasteiger partial charge in [-0.3, -0.25) is 4.79 Å². The molecule has 1 N–H and O–H groups in total. The van der Waals surface area contributed by atoms with Crippen LogP contribution in [-0.2, 0) is 6.61 Å². The molecular formula is C28H22F2N2O3. The van der Waals surface area contributed by atoms with Gasteiger partial charge in [-0.05, 0) is 59.2 Å². The first-order chi connectivity index (χ1) is 17.1. The van der Waals surface area contributed by atoms with Crippen LogP contribution in [0.15, 0.2) is 108 Å². The number of hydrogen-bond acceptors (Lipinski definition) is 4. The highest BCUT2D eigenvalue weighted by Gasteiger charge is 2.08. The van der Waals surface area contributed by atoms with Gasteiger partial charge < -0.3 is 9.47 Å². The second-order valence-electron chi connectivity index (χ2n) is 7.49. The van der Waals surface area contributed by atoms with Crippen molar-refractivity contribution in [3.05, 3.63) is 120 Å². The molecule has 0 unspecified atom stereocenters. The van der Waals surface area contributed by atoms with Gasteiger partial charge in [0.2, 0.25) is 0 Å². The van der Waals surface area contributed by atoms with Crippen LogP contribution >= 0.6 is 0 Å². The lowest BCUT2D eigenvalue weighted by molar-refractivity contribution is -0.0498. The summed E-state index contributed by atoms with van der Waals surface area (Å²) in [6, 6.07) is 30.8. The summed E-state index contributed by atoms with van der Waals surface area (Å²) >= 11 is 0. The normalized spacial score (nSPS) is 10.9. The average molecular weight is 472 g/mol. The van der Waals surface area contributed by atoms with E-state index >= 15 is 0 Å². The van der Waals surface area contributed by atoms with E-state index in [1.54, 1.807) is 24.3 Å². The summed E-state index contributed by atoms with van der Waals surface area (Å²) in [5.74, 6) is 0.457. The minimum atomic E-state index is -2.88. The topological polar surface area (TPSA) is 59.9 Å². The van der Waals surface area contributed by atoms with E-state index in [1.165, 1.54) is 18.3 Å². The van der Waals surface area contributed by atoms with Crippen LogP contribution in [0.4, 0.5) is 8.78 Å². The van der Waals surface area contributed by atoms with E-state index in [1.807, 2.05) is 66.7 Å². The standard InChI is InChI=1S/C28H22F2N2O3/c29-28(30)35-24-16-12-20(13-17-24)18-31-32-27(33)23-14-10-21(11-15-23)19-34-26-9-5-4-8-25(26)22-6-2-1-3-7-22/h1-18,28H,19H2,(H,32,33). The Kier molecular flexibility index (Phi) is 7.81. The summed E-state index contributed by atoms with van der Waals surface area (Å²) in [5.41, 5.74) is 6.51. The third-order valence-corrected chi connectivity index (χ3v) is 5.07. The molecule has 0 aliphatic rings. The number of nitrogens with zero attached hydrogens (tertiary/aromatic N) is 1. The Morgan fingerprint density at radius 1 is 0.857 bits per heavy atom. The molecule has 4 aromatic rings. The molecule has 176 valence electrons. The largest absolute Gasteiger partial charge is 0.488 e. The molecule has 1 amide bonds. The van der Waals surface area contributed by atoms with Crippen molar-refractivity contribution in [1.82, 2.24) is 5.43 Å². The van der Waals surface area contributed by atoms with Crippen LogP contribution in [0.25, 0.3) is 11.1 Å². The van der Waals surface area contributed by atoms with E-state index in [4.69, 9.17) is 4.74 Å². The van der Waals surface area contributed by atoms with Crippen LogP contribution in [-0.4, -0.2) is 18.7 Å². The van der Waals surface area contributed by atoms with Crippen molar-refractivity contribution in [1.29, 1.82) is 0 Å². The fraction of sp³-hybridized carbons (Fsp3) is 0.0714. The van der Waals surface area contributed by atoms with Crippen LogP contribution in [0.1, 0.15) is 21.5 Å². The number of nitrogens with one attached hydrogen (secondary N) is 1. The lowest BCUT2D eigenvalue weighted by atomic mass is 10.0. The second kappa shape index (κ2) is 11.6. The number of benzene rings is 4. The molecule has 0 atom stereocenters. The lowest BCUT2D eigenvalue weighted by Crippen LogP contribution is -2.17. The Morgan fingerprint density at radius 3 is 2.26 bits per heavy atom. The van der Waals surface area contributed by atoms with Crippen molar-refractivity contribution in [2.45, 2.75) is 13.2 Å². The molecule has 35 heavy (non-hydrogen) atoms. The maximum atomic E-state index is 12.3. The zero-order valence-electron chi connectivity index (χ0n) is 18.6. The Labute approximate surface area is 201 Å². The van der Waals surface area contributed by atoms with Gasteiger partial charge in [0.25, 0.3) is 5.91 Å². The molecule has 0 aromatic heterocycles. The van der Waals surface area contributed by atoms with Gasteiger partial charge in [0, 0.05) is 11.1 Å². The number of ether oxygens (including phenoxy) is 2. The number of halogens is 2. The van der Waals surface area contributed by atoms with Gasteiger partial charge in [-0.25, -0.2) is 5.43 Å². The molecule has 7 heteroatoms. The molecule has 0 aliphatic carbocycles. The Balaban J connectivity index is 1.31. The van der Waals surface area contributed by atoms with Crippen molar-refractivity contribution in [3.63, 3.8) is 0 Å². The van der Waals surface area contributed by atoms with Crippen LogP contribution in [0.2, 0.25) is 0 Å². The third-order valence-electron chi connectivity index (χ3n) is 5.07. The third kappa shape index (κ3) is 6.74. The lowest BCUT2D eigenvalue weighted by Gasteiger charge is -2.12. The van der Waals surface area contributed by atoms with Crippen LogP contribution in [0.3, 0.4) is 0 Å². The number of amides is 1. The SMILES string of the molecule is O=C(NN=Cc1ccc(OC(F)F)cc1)c1ccc(COc2ccccc2-c2ccccc2)cc1. The molecule has 0 radical (unpaired) electrons. The monoisotopic (exact) mass is 472 g/mol. The van der Waals surface area contributed by atoms with E-state index in [9.17, 15) is 13.6 Å². The smallest absolute Gasteiger partial charge is 0.387 e. The maximum Gasteiger partial charge on any atom is 0.387 e. The second-order valence-corrected chi connectivity index (χ2v) is 7.49. The van der Waals surface area contributed by atoms with E-state index in [-0.39, 0.29) is 11.7 Å². The molecule has 0 fully saturated rings. The maximum absolute atomic E-state index is 12.3. The van der Waals surface area contributed by atoms with Gasteiger partial charge in [-0.15, -0.1) is 0 Å². The van der Waals surface area contributed by atoms with Gasteiger partial charge in [-0.2, -0.15) is 13.9 Å². The number of hydrogen-bond donors (Lipinski definition) is 1. The summed E-state index contributed by atoms with van der Waals surface area (Å²) in [6.07, 6.45) is 1.41. The molecule has 0 spiro atoms. The Hall–Kier alpha value is -4.52. The van der Waals surface area contributed by atoms with Crippen molar-refractivity contribution < 1.29 is 23.0 Å². The molecular weight excluding hydrogens is 450 g/mol. The summed E-state index contributed by atoms with van der Waals surface area (Å²) in [5, 5.41) is 3.91. The molecule has 4 rings (SSSR count). The zero-order chi connectivity index (χ0) is 24.5. The fourth-order valence-corrected chi connectivity index (χ4v) is 3.33. The number of alkyl halides is 2. The molecule has 0 saturated carbocycles. The number of carbonyl (C=O) groups excluding carboxylic acids is 1. The van der Waals surface area contributed by atoms with Gasteiger partial charge in [-0.1, -0.05) is 60.7 Å². The van der Waals surface area contributed by atoms with Crippen molar-refractivity contribution in [2.75, 3.05) is 0 Å². The van der Waals surface area contributed by atoms with E-state index < -0.39 is 6.61 Å².